The van der Waals surface area contributed by atoms with Gasteiger partial charge in [0, 0.05) is 19.5 Å². The van der Waals surface area contributed by atoms with E-state index in [0.29, 0.717) is 53.7 Å². The van der Waals surface area contributed by atoms with E-state index in [4.69, 9.17) is 19.3 Å². The highest BCUT2D eigenvalue weighted by atomic mass is 16.5. The lowest BCUT2D eigenvalue weighted by Crippen LogP contribution is -2.27. The summed E-state index contributed by atoms with van der Waals surface area (Å²) in [5.74, 6) is 1.63. The predicted octanol–water partition coefficient (Wildman–Crippen LogP) is 2.99. The van der Waals surface area contributed by atoms with Gasteiger partial charge in [-0.25, -0.2) is 0 Å². The highest BCUT2D eigenvalue weighted by Gasteiger charge is 2.19. The zero-order valence-corrected chi connectivity index (χ0v) is 14.8. The molecule has 1 aromatic heterocycles. The molecule has 0 spiro atoms. The van der Waals surface area contributed by atoms with E-state index in [1.54, 1.807) is 44.0 Å². The first-order chi connectivity index (χ1) is 12.0. The molecule has 1 amide bonds. The average Bonchev–Trinajstić information content (AvgIpc) is 2.96. The van der Waals surface area contributed by atoms with E-state index in [-0.39, 0.29) is 5.91 Å². The van der Waals surface area contributed by atoms with Gasteiger partial charge in [-0.15, -0.1) is 0 Å². The Hall–Kier alpha value is -3.01. The van der Waals surface area contributed by atoms with Crippen LogP contribution in [0.3, 0.4) is 0 Å². The average molecular weight is 343 g/mol. The standard InChI is InChI=1S/C18H21N3O4/c1-12-18(13(2)25-20-12)21(3)17(22)6-5-9-24-15-8-7-14(11-19)10-16(15)23-4/h7-8,10H,5-6,9H2,1-4H3. The van der Waals surface area contributed by atoms with Crippen molar-refractivity contribution in [2.75, 3.05) is 25.7 Å². The van der Waals surface area contributed by atoms with Gasteiger partial charge in [-0.2, -0.15) is 5.26 Å². The minimum absolute atomic E-state index is 0.0372. The third-order valence-corrected chi connectivity index (χ3v) is 3.79. The van der Waals surface area contributed by atoms with Gasteiger partial charge in [0.15, 0.2) is 17.3 Å². The molecule has 0 atom stereocenters. The van der Waals surface area contributed by atoms with Gasteiger partial charge in [-0.3, -0.25) is 4.79 Å². The maximum absolute atomic E-state index is 12.3. The van der Waals surface area contributed by atoms with Crippen molar-refractivity contribution in [2.24, 2.45) is 0 Å². The number of aryl methyl sites for hydroxylation is 2. The summed E-state index contributed by atoms with van der Waals surface area (Å²) < 4.78 is 16.0. The van der Waals surface area contributed by atoms with Crippen LogP contribution in [0.5, 0.6) is 11.5 Å². The monoisotopic (exact) mass is 343 g/mol. The molecule has 0 fully saturated rings. The third kappa shape index (κ3) is 4.29. The van der Waals surface area contributed by atoms with Gasteiger partial charge < -0.3 is 18.9 Å². The number of methoxy groups -OCH3 is 1. The number of nitrogens with zero attached hydrogens (tertiary/aromatic N) is 3. The molecule has 0 saturated heterocycles. The molecule has 0 aliphatic carbocycles. The fourth-order valence-electron chi connectivity index (χ4n) is 2.51. The summed E-state index contributed by atoms with van der Waals surface area (Å²) in [6, 6.07) is 7.01. The summed E-state index contributed by atoms with van der Waals surface area (Å²) in [5, 5.41) is 12.8. The maximum atomic E-state index is 12.3. The predicted molar refractivity (Wildman–Crippen MR) is 91.8 cm³/mol. The summed E-state index contributed by atoms with van der Waals surface area (Å²) >= 11 is 0. The number of aromatic nitrogens is 1. The molecule has 0 unspecified atom stereocenters. The summed E-state index contributed by atoms with van der Waals surface area (Å²) in [6.45, 7) is 3.94. The number of rotatable bonds is 7. The van der Waals surface area contributed by atoms with E-state index in [1.807, 2.05) is 6.07 Å². The Morgan fingerprint density at radius 2 is 2.12 bits per heavy atom. The van der Waals surface area contributed by atoms with Gasteiger partial charge in [0.05, 0.1) is 25.3 Å². The van der Waals surface area contributed by atoms with Crippen LogP contribution >= 0.6 is 0 Å². The fraction of sp³-hybridized carbons (Fsp3) is 0.389. The topological polar surface area (TPSA) is 88.6 Å². The summed E-state index contributed by atoms with van der Waals surface area (Å²) in [5.41, 5.74) is 1.90. The lowest BCUT2D eigenvalue weighted by molar-refractivity contribution is -0.118. The maximum Gasteiger partial charge on any atom is 0.226 e. The normalized spacial score (nSPS) is 10.2. The van der Waals surface area contributed by atoms with E-state index in [1.165, 1.54) is 7.11 Å². The molecule has 7 heteroatoms. The van der Waals surface area contributed by atoms with Crippen LogP contribution in [0, 0.1) is 25.2 Å². The van der Waals surface area contributed by atoms with Crippen molar-refractivity contribution >= 4 is 11.6 Å². The molecule has 25 heavy (non-hydrogen) atoms. The summed E-state index contributed by atoms with van der Waals surface area (Å²) in [6.07, 6.45) is 0.884. The van der Waals surface area contributed by atoms with Crippen molar-refractivity contribution in [1.29, 1.82) is 5.26 Å². The summed E-state index contributed by atoms with van der Waals surface area (Å²) in [4.78, 5) is 13.9. The molecule has 0 aliphatic heterocycles. The molecule has 2 rings (SSSR count). The van der Waals surface area contributed by atoms with Gasteiger partial charge >= 0.3 is 0 Å². The minimum atomic E-state index is -0.0372. The first-order valence-corrected chi connectivity index (χ1v) is 7.88. The Labute approximate surface area is 146 Å². The van der Waals surface area contributed by atoms with Crippen LogP contribution in [-0.4, -0.2) is 31.8 Å². The highest BCUT2D eigenvalue weighted by Crippen LogP contribution is 2.28. The molecule has 1 heterocycles. The number of anilines is 1. The quantitative estimate of drug-likeness (QED) is 0.718. The van der Waals surface area contributed by atoms with Crippen molar-refractivity contribution in [1.82, 2.24) is 5.16 Å². The smallest absolute Gasteiger partial charge is 0.226 e. The molecule has 132 valence electrons. The third-order valence-electron chi connectivity index (χ3n) is 3.79. The second-order valence-corrected chi connectivity index (χ2v) is 5.55. The molecule has 2 aromatic rings. The van der Waals surface area contributed by atoms with Crippen LogP contribution in [0.25, 0.3) is 0 Å². The molecule has 0 saturated carbocycles. The van der Waals surface area contributed by atoms with Crippen LogP contribution in [0.2, 0.25) is 0 Å². The molecule has 1 aromatic carbocycles. The molecule has 0 bridgehead atoms. The van der Waals surface area contributed by atoms with E-state index in [9.17, 15) is 4.79 Å². The zero-order chi connectivity index (χ0) is 18.4. The van der Waals surface area contributed by atoms with Gasteiger partial charge in [0.1, 0.15) is 11.4 Å². The molecular weight excluding hydrogens is 322 g/mol. The molecule has 0 radical (unpaired) electrons. The van der Waals surface area contributed by atoms with Gasteiger partial charge in [0.25, 0.3) is 0 Å². The Morgan fingerprint density at radius 3 is 2.72 bits per heavy atom. The van der Waals surface area contributed by atoms with E-state index >= 15 is 0 Å². The van der Waals surface area contributed by atoms with E-state index < -0.39 is 0 Å². The number of amides is 1. The van der Waals surface area contributed by atoms with E-state index in [2.05, 4.69) is 5.16 Å². The number of ether oxygens (including phenoxy) is 2. The first kappa shape index (κ1) is 18.3. The Kier molecular flexibility index (Phi) is 6.01. The second-order valence-electron chi connectivity index (χ2n) is 5.55. The van der Waals surface area contributed by atoms with Crippen LogP contribution in [0.4, 0.5) is 5.69 Å². The van der Waals surface area contributed by atoms with Crippen molar-refractivity contribution in [3.8, 4) is 17.6 Å². The van der Waals surface area contributed by atoms with Gasteiger partial charge in [0.2, 0.25) is 5.91 Å². The minimum Gasteiger partial charge on any atom is -0.493 e. The Bertz CT molecular complexity index is 773. The number of nitriles is 1. The van der Waals surface area contributed by atoms with Crippen LogP contribution < -0.4 is 14.4 Å². The first-order valence-electron chi connectivity index (χ1n) is 7.88. The molecule has 7 nitrogen and oxygen atoms in total. The lowest BCUT2D eigenvalue weighted by Gasteiger charge is -2.17. The number of carbonyl (C=O) groups is 1. The van der Waals surface area contributed by atoms with Crippen LogP contribution in [-0.2, 0) is 4.79 Å². The van der Waals surface area contributed by atoms with Crippen LogP contribution in [0.1, 0.15) is 29.9 Å². The van der Waals surface area contributed by atoms with Crippen molar-refractivity contribution < 1.29 is 18.8 Å². The Morgan fingerprint density at radius 1 is 1.36 bits per heavy atom. The highest BCUT2D eigenvalue weighted by molar-refractivity contribution is 5.93. The van der Waals surface area contributed by atoms with Gasteiger partial charge in [-0.05, 0) is 32.4 Å². The van der Waals surface area contributed by atoms with Crippen molar-refractivity contribution in [3.63, 3.8) is 0 Å². The fourth-order valence-corrected chi connectivity index (χ4v) is 2.51. The number of hydrogen-bond donors (Lipinski definition) is 0. The number of carbonyl (C=O) groups excluding carboxylic acids is 1. The number of hydrogen-bond acceptors (Lipinski definition) is 6. The number of benzene rings is 1. The zero-order valence-electron chi connectivity index (χ0n) is 14.8. The summed E-state index contributed by atoms with van der Waals surface area (Å²) in [7, 11) is 3.23. The molecule has 0 N–H and O–H groups in total. The van der Waals surface area contributed by atoms with Crippen molar-refractivity contribution in [3.05, 3.63) is 35.2 Å². The second kappa shape index (κ2) is 8.20. The molecular formula is C18H21N3O4. The van der Waals surface area contributed by atoms with Crippen molar-refractivity contribution in [2.45, 2.75) is 26.7 Å². The van der Waals surface area contributed by atoms with E-state index in [0.717, 1.165) is 0 Å². The largest absolute Gasteiger partial charge is 0.493 e. The lowest BCUT2D eigenvalue weighted by atomic mass is 10.2. The van der Waals surface area contributed by atoms with Crippen LogP contribution in [0.15, 0.2) is 22.7 Å². The molecule has 0 aliphatic rings. The SMILES string of the molecule is COc1cc(C#N)ccc1OCCCC(=O)N(C)c1c(C)noc1C. The Balaban J connectivity index is 1.87. The van der Waals surface area contributed by atoms with Gasteiger partial charge in [-0.1, -0.05) is 5.16 Å².